The number of hydrogen-bond acceptors (Lipinski definition) is 17. The molecule has 3 aromatic heterocycles. The van der Waals surface area contributed by atoms with E-state index >= 15 is 0 Å². The molecule has 24 heteroatoms. The average Bonchev–Trinajstić information content (AvgIpc) is 3.63. The second-order valence-electron chi connectivity index (χ2n) is 8.75. The Hall–Kier alpha value is -1.77. The smallest absolute Gasteiger partial charge is 0.280 e. The summed E-state index contributed by atoms with van der Waals surface area (Å²) in [5.74, 6) is -0.200. The van der Waals surface area contributed by atoms with Crippen LogP contribution in [0.25, 0.3) is 11.2 Å². The minimum absolute atomic E-state index is 0.181. The number of nitrogens with zero attached hydrogens (tertiary/aromatic N) is 3. The van der Waals surface area contributed by atoms with E-state index in [4.69, 9.17) is 31.3 Å². The molecular formula is C18H19N5O14P3S2-3. The molecule has 2 aliphatic rings. The van der Waals surface area contributed by atoms with Crippen LogP contribution in [0.15, 0.2) is 23.2 Å². The van der Waals surface area contributed by atoms with Crippen molar-refractivity contribution in [2.75, 3.05) is 6.61 Å². The van der Waals surface area contributed by atoms with Crippen molar-refractivity contribution in [1.29, 1.82) is 0 Å². The van der Waals surface area contributed by atoms with Gasteiger partial charge in [-0.3, -0.25) is 23.1 Å². The molecular weight excluding hydrogens is 667 g/mol. The predicted molar refractivity (Wildman–Crippen MR) is 134 cm³/mol. The average molecular weight is 686 g/mol. The number of phosphoric acid groups is 3. The highest BCUT2D eigenvalue weighted by Gasteiger charge is 2.55. The number of carbonyl (C=O) groups is 1. The van der Waals surface area contributed by atoms with E-state index in [1.165, 1.54) is 22.2 Å². The molecule has 230 valence electrons. The molecule has 0 aliphatic carbocycles. The second-order valence-corrected chi connectivity index (χ2v) is 14.2. The van der Waals surface area contributed by atoms with Crippen LogP contribution in [-0.2, 0) is 52.4 Å². The Morgan fingerprint density at radius 1 is 1.21 bits per heavy atom. The van der Waals surface area contributed by atoms with E-state index in [1.54, 1.807) is 6.92 Å². The first-order chi connectivity index (χ1) is 19.6. The summed E-state index contributed by atoms with van der Waals surface area (Å²) in [4.78, 5) is 67.1. The molecule has 3 N–H and O–H groups in total. The van der Waals surface area contributed by atoms with Gasteiger partial charge in [0, 0.05) is 6.54 Å². The van der Waals surface area contributed by atoms with E-state index in [2.05, 4.69) is 33.4 Å². The maximum Gasteiger partial charge on any atom is 0.280 e. The SMILES string of the molecule is Cc1nc(=S)c2ncn(C3OC(COP(=O)([O-])OP(=O)([O-])OP(=O)([O-])O)C4OC(C(=O)NCc5ccsc5)OC43)c2[nH]1. The Morgan fingerprint density at radius 3 is 2.64 bits per heavy atom. The first kappa shape index (κ1) is 31.6. The number of thiophene rings is 1. The quantitative estimate of drug-likeness (QED) is 0.171. The fourth-order valence-corrected chi connectivity index (χ4v) is 8.02. The van der Waals surface area contributed by atoms with Crippen LogP contribution in [-0.4, -0.2) is 61.5 Å². The summed E-state index contributed by atoms with van der Waals surface area (Å²) in [6.07, 6.45) is -4.73. The van der Waals surface area contributed by atoms with Crippen molar-refractivity contribution < 1.29 is 65.4 Å². The molecule has 3 aromatic rings. The van der Waals surface area contributed by atoms with Crippen molar-refractivity contribution in [3.63, 3.8) is 0 Å². The fraction of sp³-hybridized carbons (Fsp3) is 0.444. The van der Waals surface area contributed by atoms with E-state index in [0.29, 0.717) is 17.0 Å². The number of rotatable bonds is 11. The lowest BCUT2D eigenvalue weighted by Crippen LogP contribution is -2.37. The first-order valence-corrected chi connectivity index (χ1v) is 17.3. The molecule has 2 saturated heterocycles. The number of amides is 1. The molecule has 0 aromatic carbocycles. The Bertz CT molecular complexity index is 1680. The maximum absolute atomic E-state index is 12.8. The number of imidazole rings is 1. The first-order valence-electron chi connectivity index (χ1n) is 11.5. The lowest BCUT2D eigenvalue weighted by Gasteiger charge is -2.33. The predicted octanol–water partition coefficient (Wildman–Crippen LogP) is -0.370. The van der Waals surface area contributed by atoms with Gasteiger partial charge in [-0.15, -0.1) is 0 Å². The summed E-state index contributed by atoms with van der Waals surface area (Å²) in [5, 5.41) is 6.33. The number of aromatic nitrogens is 4. The zero-order chi connectivity index (χ0) is 30.4. The van der Waals surface area contributed by atoms with Crippen LogP contribution in [0.4, 0.5) is 0 Å². The number of aryl methyl sites for hydroxylation is 1. The number of H-pyrrole nitrogens is 1. The monoisotopic (exact) mass is 686 g/mol. The molecule has 0 radical (unpaired) electrons. The molecule has 0 bridgehead atoms. The second kappa shape index (κ2) is 12.0. The molecule has 2 aliphatic heterocycles. The summed E-state index contributed by atoms with van der Waals surface area (Å²) < 4.78 is 65.1. The third-order valence-electron chi connectivity index (χ3n) is 5.75. The van der Waals surface area contributed by atoms with Gasteiger partial charge >= 0.3 is 0 Å². The van der Waals surface area contributed by atoms with Crippen LogP contribution in [0.5, 0.6) is 0 Å². The van der Waals surface area contributed by atoms with E-state index in [0.717, 1.165) is 5.56 Å². The molecule has 5 rings (SSSR count). The number of nitrogens with one attached hydrogen (secondary N) is 2. The zero-order valence-electron chi connectivity index (χ0n) is 20.9. The molecule has 19 nitrogen and oxygen atoms in total. The minimum atomic E-state index is -6.12. The zero-order valence-corrected chi connectivity index (χ0v) is 25.2. The number of hydrogen-bond donors (Lipinski definition) is 3. The van der Waals surface area contributed by atoms with Crippen molar-refractivity contribution in [3.8, 4) is 0 Å². The van der Waals surface area contributed by atoms with Gasteiger partial charge in [0.15, 0.2) is 10.9 Å². The van der Waals surface area contributed by atoms with Crippen molar-refractivity contribution in [2.45, 2.75) is 44.3 Å². The van der Waals surface area contributed by atoms with Gasteiger partial charge in [-0.25, -0.2) is 18.6 Å². The largest absolute Gasteiger partial charge is 0.756 e. The number of aromatic amines is 1. The summed E-state index contributed by atoms with van der Waals surface area (Å²) in [6, 6.07) is 1.81. The van der Waals surface area contributed by atoms with Crippen LogP contribution in [0.3, 0.4) is 0 Å². The number of phosphoric ester groups is 1. The molecule has 8 unspecified atom stereocenters. The summed E-state index contributed by atoms with van der Waals surface area (Å²) >= 11 is 6.69. The van der Waals surface area contributed by atoms with Crippen LogP contribution < -0.4 is 20.0 Å². The van der Waals surface area contributed by atoms with E-state index < -0.39 is 66.8 Å². The van der Waals surface area contributed by atoms with Gasteiger partial charge in [-0.05, 0) is 29.3 Å². The van der Waals surface area contributed by atoms with Crippen molar-refractivity contribution in [1.82, 2.24) is 24.8 Å². The fourth-order valence-electron chi connectivity index (χ4n) is 4.17. The summed E-state index contributed by atoms with van der Waals surface area (Å²) in [5.41, 5.74) is 1.51. The van der Waals surface area contributed by atoms with Crippen LogP contribution in [0.1, 0.15) is 17.6 Å². The van der Waals surface area contributed by atoms with E-state index in [1.807, 2.05) is 16.8 Å². The van der Waals surface area contributed by atoms with Crippen LogP contribution >= 0.6 is 47.0 Å². The standard InChI is InChI=1S/C18H22N5O14P3S2/c1-8-21-14-11(16(41)22-8)20-7-23(14)17-13-12(34-18(35-13)15(24)19-4-9-2-3-42-6-9)10(33-17)5-32-39(28,29)37-40(30,31)36-38(25,26)27/h2-3,6-7,10,12-13,17-18H,4-5H2,1H3,(H,19,24)(H,28,29)(H,30,31)(H,21,22,41)(H2,25,26,27)/p-3. The van der Waals surface area contributed by atoms with Gasteiger partial charge in [0.2, 0.25) is 6.29 Å². The number of ether oxygens (including phenoxy) is 3. The molecule has 2 fully saturated rings. The topological polar surface area (TPSA) is 272 Å². The Morgan fingerprint density at radius 2 is 1.95 bits per heavy atom. The Kier molecular flexibility index (Phi) is 9.01. The maximum atomic E-state index is 12.8. The Balaban J connectivity index is 1.36. The van der Waals surface area contributed by atoms with Gasteiger partial charge in [-0.2, -0.15) is 11.3 Å². The summed E-state index contributed by atoms with van der Waals surface area (Å²) in [6.45, 7) is 0.889. The van der Waals surface area contributed by atoms with Crippen molar-refractivity contribution >= 4 is 64.1 Å². The molecule has 8 atom stereocenters. The van der Waals surface area contributed by atoms with Crippen molar-refractivity contribution in [3.05, 3.63) is 39.2 Å². The minimum Gasteiger partial charge on any atom is -0.756 e. The highest BCUT2D eigenvalue weighted by molar-refractivity contribution is 7.71. The third-order valence-corrected chi connectivity index (χ3v) is 10.5. The lowest BCUT2D eigenvalue weighted by molar-refractivity contribution is -0.250. The molecule has 42 heavy (non-hydrogen) atoms. The van der Waals surface area contributed by atoms with Crippen molar-refractivity contribution in [2.24, 2.45) is 0 Å². The third kappa shape index (κ3) is 7.29. The summed E-state index contributed by atoms with van der Waals surface area (Å²) in [7, 11) is -17.9. The van der Waals surface area contributed by atoms with Gasteiger partial charge in [0.25, 0.3) is 29.4 Å². The van der Waals surface area contributed by atoms with Crippen LogP contribution in [0.2, 0.25) is 0 Å². The van der Waals surface area contributed by atoms with Gasteiger partial charge < -0.3 is 48.6 Å². The molecule has 0 spiro atoms. The van der Waals surface area contributed by atoms with Crippen LogP contribution in [0, 0.1) is 11.6 Å². The highest BCUT2D eigenvalue weighted by atomic mass is 32.1. The van der Waals surface area contributed by atoms with E-state index in [9.17, 15) is 33.2 Å². The number of carbonyl (C=O) groups excluding carboxylic acids is 1. The Labute approximate surface area is 244 Å². The van der Waals surface area contributed by atoms with E-state index in [-0.39, 0.29) is 11.2 Å². The van der Waals surface area contributed by atoms with Gasteiger partial charge in [-0.1, -0.05) is 12.2 Å². The number of fused-ring (bicyclic) bond motifs is 2. The van der Waals surface area contributed by atoms with Gasteiger partial charge in [0.1, 0.15) is 35.3 Å². The molecule has 0 saturated carbocycles. The normalized spacial score (nSPS) is 28.2. The lowest BCUT2D eigenvalue weighted by atomic mass is 10.1. The highest BCUT2D eigenvalue weighted by Crippen LogP contribution is 2.61. The molecule has 1 amide bonds. The molecule has 5 heterocycles. The van der Waals surface area contributed by atoms with Gasteiger partial charge in [0.05, 0.1) is 12.9 Å².